The van der Waals surface area contributed by atoms with Crippen LogP contribution in [-0.4, -0.2) is 15.0 Å². The van der Waals surface area contributed by atoms with Gasteiger partial charge in [-0.25, -0.2) is 13.1 Å². The summed E-state index contributed by atoms with van der Waals surface area (Å²) in [6, 6.07) is 5.17. The quantitative estimate of drug-likeness (QED) is 0.859. The maximum atomic E-state index is 12.3. The molecule has 0 unspecified atom stereocenters. The van der Waals surface area contributed by atoms with Gasteiger partial charge in [0.2, 0.25) is 10.0 Å². The van der Waals surface area contributed by atoms with Gasteiger partial charge in [0.05, 0.1) is 4.90 Å². The largest absolute Gasteiger partial charge is 0.326 e. The molecule has 1 aromatic carbocycles. The second kappa shape index (κ2) is 6.35. The lowest BCUT2D eigenvalue weighted by Crippen LogP contribution is -2.29. The van der Waals surface area contributed by atoms with Crippen LogP contribution < -0.4 is 10.5 Å². The molecule has 1 fully saturated rings. The summed E-state index contributed by atoms with van der Waals surface area (Å²) in [5.41, 5.74) is 6.36. The first-order valence-electron chi connectivity index (χ1n) is 6.51. The van der Waals surface area contributed by atoms with Crippen molar-refractivity contribution in [2.45, 2.75) is 37.1 Å². The summed E-state index contributed by atoms with van der Waals surface area (Å²) in [5.74, 6) is 0.478. The molecule has 6 heteroatoms. The van der Waals surface area contributed by atoms with E-state index in [0.717, 1.165) is 18.4 Å². The molecule has 2 rings (SSSR count). The zero-order chi connectivity index (χ0) is 13.9. The monoisotopic (exact) mass is 346 g/mol. The summed E-state index contributed by atoms with van der Waals surface area (Å²) in [5, 5.41) is 0. The Morgan fingerprint density at radius 3 is 2.63 bits per heavy atom. The molecule has 0 radical (unpaired) electrons. The van der Waals surface area contributed by atoms with E-state index in [2.05, 4.69) is 20.7 Å². The lowest BCUT2D eigenvalue weighted by atomic mass is 10.1. The van der Waals surface area contributed by atoms with Crippen molar-refractivity contribution >= 4 is 26.0 Å². The average molecular weight is 347 g/mol. The second-order valence-electron chi connectivity index (χ2n) is 4.97. The van der Waals surface area contributed by atoms with Crippen LogP contribution in [0, 0.1) is 5.92 Å². The highest BCUT2D eigenvalue weighted by Gasteiger charge is 2.21. The predicted molar refractivity (Wildman–Crippen MR) is 79.2 cm³/mol. The molecule has 3 N–H and O–H groups in total. The fourth-order valence-corrected chi connectivity index (χ4v) is 4.53. The normalized spacial score (nSPS) is 16.9. The molecule has 4 nitrogen and oxygen atoms in total. The Labute approximate surface area is 122 Å². The van der Waals surface area contributed by atoms with Crippen molar-refractivity contribution in [2.75, 3.05) is 6.54 Å². The first-order valence-corrected chi connectivity index (χ1v) is 8.78. The third-order valence-electron chi connectivity index (χ3n) is 3.56. The van der Waals surface area contributed by atoms with Gasteiger partial charge in [-0.3, -0.25) is 0 Å². The molecule has 1 aliphatic carbocycles. The molecular weight excluding hydrogens is 328 g/mol. The second-order valence-corrected chi connectivity index (χ2v) is 7.56. The summed E-state index contributed by atoms with van der Waals surface area (Å²) >= 11 is 3.29. The number of nitrogens with two attached hydrogens (primary N) is 1. The molecule has 106 valence electrons. The topological polar surface area (TPSA) is 72.2 Å². The van der Waals surface area contributed by atoms with E-state index in [0.29, 0.717) is 23.5 Å². The molecule has 0 aromatic heterocycles. The Morgan fingerprint density at radius 2 is 2.00 bits per heavy atom. The van der Waals surface area contributed by atoms with Crippen molar-refractivity contribution in [1.82, 2.24) is 4.72 Å². The summed E-state index contributed by atoms with van der Waals surface area (Å²) in [6.45, 7) is 0.861. The minimum Gasteiger partial charge on any atom is -0.326 e. The van der Waals surface area contributed by atoms with E-state index >= 15 is 0 Å². The van der Waals surface area contributed by atoms with Crippen molar-refractivity contribution in [3.05, 3.63) is 28.2 Å². The molecule has 0 spiro atoms. The number of hydrogen-bond acceptors (Lipinski definition) is 3. The van der Waals surface area contributed by atoms with E-state index in [1.54, 1.807) is 12.1 Å². The van der Waals surface area contributed by atoms with E-state index in [1.165, 1.54) is 12.8 Å². The summed E-state index contributed by atoms with van der Waals surface area (Å²) in [4.78, 5) is 0.272. The van der Waals surface area contributed by atoms with Crippen LogP contribution in [0.3, 0.4) is 0 Å². The summed E-state index contributed by atoms with van der Waals surface area (Å²) in [7, 11) is -3.46. The van der Waals surface area contributed by atoms with E-state index < -0.39 is 10.0 Å². The van der Waals surface area contributed by atoms with Gasteiger partial charge in [0.15, 0.2) is 0 Å². The molecule has 0 amide bonds. The van der Waals surface area contributed by atoms with Crippen LogP contribution in [-0.2, 0) is 16.6 Å². The van der Waals surface area contributed by atoms with Gasteiger partial charge in [-0.15, -0.1) is 0 Å². The van der Waals surface area contributed by atoms with Crippen LogP contribution in [0.25, 0.3) is 0 Å². The van der Waals surface area contributed by atoms with Gasteiger partial charge in [-0.2, -0.15) is 0 Å². The fraction of sp³-hybridized carbons (Fsp3) is 0.538. The van der Waals surface area contributed by atoms with Crippen LogP contribution >= 0.6 is 15.9 Å². The molecule has 1 saturated carbocycles. The Bertz CT molecular complexity index is 540. The maximum absolute atomic E-state index is 12.3. The predicted octanol–water partition coefficient (Wildman–Crippen LogP) is 2.38. The van der Waals surface area contributed by atoms with Crippen molar-refractivity contribution in [3.63, 3.8) is 0 Å². The van der Waals surface area contributed by atoms with Crippen molar-refractivity contribution in [2.24, 2.45) is 11.7 Å². The number of rotatable bonds is 5. The van der Waals surface area contributed by atoms with Gasteiger partial charge in [0.25, 0.3) is 0 Å². The molecule has 0 aliphatic heterocycles. The maximum Gasteiger partial charge on any atom is 0.241 e. The van der Waals surface area contributed by atoms with E-state index in [9.17, 15) is 8.42 Å². The molecule has 0 bridgehead atoms. The molecule has 0 heterocycles. The summed E-state index contributed by atoms with van der Waals surface area (Å²) < 4.78 is 27.9. The Morgan fingerprint density at radius 1 is 1.32 bits per heavy atom. The molecule has 19 heavy (non-hydrogen) atoms. The number of sulfonamides is 1. The molecule has 1 aliphatic rings. The van der Waals surface area contributed by atoms with E-state index in [1.807, 2.05) is 6.07 Å². The van der Waals surface area contributed by atoms with Crippen molar-refractivity contribution < 1.29 is 8.42 Å². The SMILES string of the molecule is NCc1ccc(Br)c(S(=O)(=O)NCC2CCCC2)c1. The third kappa shape index (κ3) is 3.78. The Balaban J connectivity index is 2.13. The fourth-order valence-electron chi connectivity index (χ4n) is 2.40. The lowest BCUT2D eigenvalue weighted by Gasteiger charge is -2.13. The van der Waals surface area contributed by atoms with Gasteiger partial charge in [-0.1, -0.05) is 18.9 Å². The molecule has 0 atom stereocenters. The van der Waals surface area contributed by atoms with Gasteiger partial charge in [-0.05, 0) is 52.4 Å². The Kier molecular flexibility index (Phi) is 5.00. The number of benzene rings is 1. The minimum atomic E-state index is -3.46. The average Bonchev–Trinajstić information content (AvgIpc) is 2.90. The van der Waals surface area contributed by atoms with Crippen LogP contribution in [0.15, 0.2) is 27.6 Å². The molecule has 1 aromatic rings. The van der Waals surface area contributed by atoms with E-state index in [4.69, 9.17) is 5.73 Å². The first kappa shape index (κ1) is 15.0. The van der Waals surface area contributed by atoms with Crippen LogP contribution in [0.5, 0.6) is 0 Å². The highest BCUT2D eigenvalue weighted by atomic mass is 79.9. The smallest absolute Gasteiger partial charge is 0.241 e. The Hall–Kier alpha value is -0.430. The van der Waals surface area contributed by atoms with Crippen LogP contribution in [0.2, 0.25) is 0 Å². The minimum absolute atomic E-state index is 0.272. The van der Waals surface area contributed by atoms with Gasteiger partial charge >= 0.3 is 0 Å². The highest BCUT2D eigenvalue weighted by molar-refractivity contribution is 9.10. The van der Waals surface area contributed by atoms with Gasteiger partial charge in [0.1, 0.15) is 0 Å². The third-order valence-corrected chi connectivity index (χ3v) is 5.98. The standard InChI is InChI=1S/C13H19BrN2O2S/c14-12-6-5-11(8-15)7-13(12)19(17,18)16-9-10-3-1-2-4-10/h5-7,10,16H,1-4,8-9,15H2. The van der Waals surface area contributed by atoms with Gasteiger partial charge < -0.3 is 5.73 Å². The van der Waals surface area contributed by atoms with Gasteiger partial charge in [0, 0.05) is 17.6 Å². The number of nitrogens with one attached hydrogen (secondary N) is 1. The first-order chi connectivity index (χ1) is 9.03. The van der Waals surface area contributed by atoms with E-state index in [-0.39, 0.29) is 4.90 Å². The zero-order valence-corrected chi connectivity index (χ0v) is 13.1. The molecular formula is C13H19BrN2O2S. The van der Waals surface area contributed by atoms with Crippen LogP contribution in [0.4, 0.5) is 0 Å². The number of hydrogen-bond donors (Lipinski definition) is 2. The summed E-state index contributed by atoms with van der Waals surface area (Å²) in [6.07, 6.45) is 4.65. The lowest BCUT2D eigenvalue weighted by molar-refractivity contribution is 0.519. The highest BCUT2D eigenvalue weighted by Crippen LogP contribution is 2.26. The number of halogens is 1. The van der Waals surface area contributed by atoms with Crippen molar-refractivity contribution in [3.8, 4) is 0 Å². The van der Waals surface area contributed by atoms with Crippen molar-refractivity contribution in [1.29, 1.82) is 0 Å². The zero-order valence-electron chi connectivity index (χ0n) is 10.7. The van der Waals surface area contributed by atoms with Crippen LogP contribution in [0.1, 0.15) is 31.2 Å². The molecule has 0 saturated heterocycles.